The van der Waals surface area contributed by atoms with Crippen molar-refractivity contribution in [1.82, 2.24) is 18.5 Å². The summed E-state index contributed by atoms with van der Waals surface area (Å²) in [7, 11) is -3.28. The van der Waals surface area contributed by atoms with Crippen LogP contribution < -0.4 is 0 Å². The van der Waals surface area contributed by atoms with Crippen LogP contribution in [-0.4, -0.2) is 66.2 Å². The second-order valence-corrected chi connectivity index (χ2v) is 8.25. The molecule has 3 heterocycles. The van der Waals surface area contributed by atoms with Crippen LogP contribution in [0.3, 0.4) is 0 Å². The van der Waals surface area contributed by atoms with Gasteiger partial charge in [-0.2, -0.15) is 17.0 Å². The van der Waals surface area contributed by atoms with Gasteiger partial charge in [-0.25, -0.2) is 0 Å². The number of pyridine rings is 1. The Balaban J connectivity index is 1.55. The van der Waals surface area contributed by atoms with E-state index in [0.717, 1.165) is 51.0 Å². The highest BCUT2D eigenvalue weighted by Crippen LogP contribution is 2.18. The Bertz CT molecular complexity index is 577. The molecule has 0 N–H and O–H groups in total. The number of nitrogens with zero attached hydrogens (tertiary/aromatic N) is 4. The van der Waals surface area contributed by atoms with Gasteiger partial charge in [-0.1, -0.05) is 18.9 Å². The normalized spacial score (nSPS) is 22.8. The molecular weight excluding hydrogens is 312 g/mol. The third-order valence-electron chi connectivity index (χ3n) is 4.66. The molecule has 0 spiro atoms. The summed E-state index contributed by atoms with van der Waals surface area (Å²) in [5.74, 6) is 0. The van der Waals surface area contributed by atoms with Crippen LogP contribution in [0.5, 0.6) is 0 Å². The maximum Gasteiger partial charge on any atom is 0.282 e. The Kier molecular flexibility index (Phi) is 5.63. The van der Waals surface area contributed by atoms with Crippen molar-refractivity contribution in [3.8, 4) is 0 Å². The molecule has 23 heavy (non-hydrogen) atoms. The van der Waals surface area contributed by atoms with E-state index < -0.39 is 10.2 Å². The molecule has 128 valence electrons. The molecule has 1 aromatic heterocycles. The third kappa shape index (κ3) is 4.29. The molecular formula is C16H26N4O2S. The van der Waals surface area contributed by atoms with Gasteiger partial charge >= 0.3 is 0 Å². The summed E-state index contributed by atoms with van der Waals surface area (Å²) in [6, 6.07) is 5.91. The first-order valence-electron chi connectivity index (χ1n) is 8.54. The lowest BCUT2D eigenvalue weighted by Gasteiger charge is -2.36. The van der Waals surface area contributed by atoms with Gasteiger partial charge < -0.3 is 0 Å². The van der Waals surface area contributed by atoms with Gasteiger partial charge in [0.2, 0.25) is 0 Å². The summed E-state index contributed by atoms with van der Waals surface area (Å²) in [6.45, 7) is 4.83. The van der Waals surface area contributed by atoms with Gasteiger partial charge in [0, 0.05) is 52.0 Å². The summed E-state index contributed by atoms with van der Waals surface area (Å²) in [5.41, 5.74) is 1.04. The van der Waals surface area contributed by atoms with Gasteiger partial charge in [0.1, 0.15) is 0 Å². The molecule has 6 nitrogen and oxygen atoms in total. The second kappa shape index (κ2) is 7.70. The first-order chi connectivity index (χ1) is 11.2. The Morgan fingerprint density at radius 1 is 0.870 bits per heavy atom. The predicted molar refractivity (Wildman–Crippen MR) is 90.0 cm³/mol. The highest BCUT2D eigenvalue weighted by molar-refractivity contribution is 7.86. The van der Waals surface area contributed by atoms with Gasteiger partial charge in [0.25, 0.3) is 10.2 Å². The average Bonchev–Trinajstić information content (AvgIpc) is 2.86. The molecule has 2 aliphatic rings. The molecule has 0 unspecified atom stereocenters. The molecule has 3 rings (SSSR count). The molecule has 2 fully saturated rings. The minimum atomic E-state index is -3.28. The van der Waals surface area contributed by atoms with Crippen molar-refractivity contribution in [2.24, 2.45) is 0 Å². The van der Waals surface area contributed by atoms with Gasteiger partial charge in [-0.15, -0.1) is 0 Å². The fourth-order valence-electron chi connectivity index (χ4n) is 3.27. The molecule has 0 aromatic carbocycles. The maximum absolute atomic E-state index is 12.8. The van der Waals surface area contributed by atoms with E-state index in [2.05, 4.69) is 9.88 Å². The van der Waals surface area contributed by atoms with Gasteiger partial charge in [-0.3, -0.25) is 9.88 Å². The lowest BCUT2D eigenvalue weighted by Crippen LogP contribution is -2.52. The number of piperazine rings is 1. The topological polar surface area (TPSA) is 56.8 Å². The highest BCUT2D eigenvalue weighted by Gasteiger charge is 2.32. The largest absolute Gasteiger partial charge is 0.295 e. The van der Waals surface area contributed by atoms with E-state index in [-0.39, 0.29) is 0 Å². The zero-order chi connectivity index (χ0) is 16.1. The van der Waals surface area contributed by atoms with Crippen molar-refractivity contribution in [1.29, 1.82) is 0 Å². The van der Waals surface area contributed by atoms with Gasteiger partial charge in [-0.05, 0) is 25.0 Å². The maximum atomic E-state index is 12.8. The Labute approximate surface area is 139 Å². The molecule has 0 amide bonds. The van der Waals surface area contributed by atoms with Crippen LogP contribution in [0, 0.1) is 0 Å². The molecule has 0 atom stereocenters. The smallest absolute Gasteiger partial charge is 0.282 e. The number of hydrogen-bond acceptors (Lipinski definition) is 4. The first-order valence-corrected chi connectivity index (χ1v) is 9.93. The van der Waals surface area contributed by atoms with Crippen molar-refractivity contribution in [2.45, 2.75) is 32.2 Å². The Morgan fingerprint density at radius 3 is 2.13 bits per heavy atom. The standard InChI is InChI=1S/C16H26N4O2S/c21-23(22,19-9-5-1-2-6-10-19)20-13-11-18(12-14-20)15-16-7-3-4-8-17-16/h3-4,7-8H,1-2,5-6,9-15H2. The number of aromatic nitrogens is 1. The van der Waals surface area contributed by atoms with Crippen LogP contribution in [0.4, 0.5) is 0 Å². The van der Waals surface area contributed by atoms with Crippen molar-refractivity contribution in [3.05, 3.63) is 30.1 Å². The van der Waals surface area contributed by atoms with E-state index in [9.17, 15) is 8.42 Å². The molecule has 1 aromatic rings. The third-order valence-corrected chi connectivity index (χ3v) is 6.70. The minimum absolute atomic E-state index is 0.575. The molecule has 0 radical (unpaired) electrons. The predicted octanol–water partition coefficient (Wildman–Crippen LogP) is 1.32. The van der Waals surface area contributed by atoms with Crippen molar-refractivity contribution >= 4 is 10.2 Å². The molecule has 7 heteroatoms. The highest BCUT2D eigenvalue weighted by atomic mass is 32.2. The van der Waals surface area contributed by atoms with Crippen molar-refractivity contribution in [2.75, 3.05) is 39.3 Å². The fourth-order valence-corrected chi connectivity index (χ4v) is 4.95. The summed E-state index contributed by atoms with van der Waals surface area (Å²) >= 11 is 0. The Morgan fingerprint density at radius 2 is 1.52 bits per heavy atom. The molecule has 0 bridgehead atoms. The van der Waals surface area contributed by atoms with Crippen LogP contribution in [0.15, 0.2) is 24.4 Å². The number of rotatable bonds is 4. The van der Waals surface area contributed by atoms with Crippen molar-refractivity contribution in [3.63, 3.8) is 0 Å². The van der Waals surface area contributed by atoms with Crippen LogP contribution in [-0.2, 0) is 16.8 Å². The number of hydrogen-bond donors (Lipinski definition) is 0. The zero-order valence-corrected chi connectivity index (χ0v) is 14.4. The second-order valence-electron chi connectivity index (χ2n) is 6.32. The minimum Gasteiger partial charge on any atom is -0.295 e. The monoisotopic (exact) mass is 338 g/mol. The molecule has 2 saturated heterocycles. The van der Waals surface area contributed by atoms with E-state index in [1.165, 1.54) is 0 Å². The zero-order valence-electron chi connectivity index (χ0n) is 13.6. The summed E-state index contributed by atoms with van der Waals surface area (Å²) < 4.78 is 28.9. The van der Waals surface area contributed by atoms with Crippen LogP contribution in [0.1, 0.15) is 31.4 Å². The van der Waals surface area contributed by atoms with Crippen LogP contribution >= 0.6 is 0 Å². The molecule has 0 aliphatic carbocycles. The molecule has 2 aliphatic heterocycles. The van der Waals surface area contributed by atoms with Crippen LogP contribution in [0.25, 0.3) is 0 Å². The SMILES string of the molecule is O=S(=O)(N1CCCCCC1)N1CCN(Cc2ccccn2)CC1. The van der Waals surface area contributed by atoms with Crippen molar-refractivity contribution < 1.29 is 8.42 Å². The van der Waals surface area contributed by atoms with E-state index in [1.807, 2.05) is 18.2 Å². The first kappa shape index (κ1) is 16.8. The Hall–Kier alpha value is -1.02. The lowest BCUT2D eigenvalue weighted by molar-refractivity contribution is 0.173. The van der Waals surface area contributed by atoms with Crippen LogP contribution in [0.2, 0.25) is 0 Å². The van der Waals surface area contributed by atoms with E-state index in [0.29, 0.717) is 26.2 Å². The summed E-state index contributed by atoms with van der Waals surface area (Å²) in [5, 5.41) is 0. The van der Waals surface area contributed by atoms with E-state index >= 15 is 0 Å². The van der Waals surface area contributed by atoms with E-state index in [1.54, 1.807) is 14.8 Å². The van der Waals surface area contributed by atoms with Gasteiger partial charge in [0.15, 0.2) is 0 Å². The molecule has 0 saturated carbocycles. The van der Waals surface area contributed by atoms with E-state index in [4.69, 9.17) is 0 Å². The summed E-state index contributed by atoms with van der Waals surface area (Å²) in [6.07, 6.45) is 6.06. The fraction of sp³-hybridized carbons (Fsp3) is 0.688. The quantitative estimate of drug-likeness (QED) is 0.831. The van der Waals surface area contributed by atoms with Gasteiger partial charge in [0.05, 0.1) is 5.69 Å². The summed E-state index contributed by atoms with van der Waals surface area (Å²) in [4.78, 5) is 6.62. The lowest BCUT2D eigenvalue weighted by atomic mass is 10.2. The average molecular weight is 338 g/mol.